The maximum atomic E-state index is 13.4. The van der Waals surface area contributed by atoms with Gasteiger partial charge in [0.1, 0.15) is 11.6 Å². The van der Waals surface area contributed by atoms with Crippen molar-refractivity contribution < 1.29 is 27.1 Å². The summed E-state index contributed by atoms with van der Waals surface area (Å²) in [6, 6.07) is 11.5. The molecule has 0 aliphatic carbocycles. The number of ether oxygens (including phenoxy) is 1. The summed E-state index contributed by atoms with van der Waals surface area (Å²) >= 11 is 0. The molecule has 174 valence electrons. The molecule has 0 saturated carbocycles. The van der Waals surface area contributed by atoms with Gasteiger partial charge in [0.15, 0.2) is 0 Å². The van der Waals surface area contributed by atoms with E-state index < -0.39 is 23.5 Å². The van der Waals surface area contributed by atoms with Gasteiger partial charge < -0.3 is 10.1 Å². The molecule has 9 heteroatoms. The maximum Gasteiger partial charge on any atom is 0.573 e. The lowest BCUT2D eigenvalue weighted by Crippen LogP contribution is -2.21. The maximum absolute atomic E-state index is 13.4. The van der Waals surface area contributed by atoms with E-state index in [1.807, 2.05) is 6.92 Å². The average Bonchev–Trinajstić information content (AvgIpc) is 2.74. The van der Waals surface area contributed by atoms with Gasteiger partial charge in [0.25, 0.3) is 5.56 Å². The van der Waals surface area contributed by atoms with E-state index in [0.717, 1.165) is 25.0 Å². The number of nitrogens with zero attached hydrogens (tertiary/aromatic N) is 1. The summed E-state index contributed by atoms with van der Waals surface area (Å²) in [5.41, 5.74) is 1.05. The number of pyridine rings is 1. The Kier molecular flexibility index (Phi) is 7.52. The molecule has 0 bridgehead atoms. The van der Waals surface area contributed by atoms with Gasteiger partial charge in [-0.2, -0.15) is 0 Å². The van der Waals surface area contributed by atoms with Crippen LogP contribution in [0.15, 0.2) is 65.6 Å². The van der Waals surface area contributed by atoms with E-state index in [2.05, 4.69) is 10.1 Å². The van der Waals surface area contributed by atoms with E-state index in [4.69, 9.17) is 0 Å². The Balaban J connectivity index is 1.99. The van der Waals surface area contributed by atoms with Crippen LogP contribution in [0.1, 0.15) is 32.6 Å². The molecule has 0 atom stereocenters. The van der Waals surface area contributed by atoms with Crippen molar-refractivity contribution in [2.45, 2.75) is 39.0 Å². The molecule has 1 N–H and O–H groups in total. The lowest BCUT2D eigenvalue weighted by Gasteiger charge is -2.15. The van der Waals surface area contributed by atoms with Gasteiger partial charge in [-0.05, 0) is 48.4 Å². The van der Waals surface area contributed by atoms with E-state index in [1.165, 1.54) is 53.2 Å². The highest BCUT2D eigenvalue weighted by Gasteiger charge is 2.31. The van der Waals surface area contributed by atoms with Crippen molar-refractivity contribution in [3.8, 4) is 22.6 Å². The molecule has 5 nitrogen and oxygen atoms in total. The first kappa shape index (κ1) is 24.0. The summed E-state index contributed by atoms with van der Waals surface area (Å²) in [7, 11) is 0. The number of anilines is 1. The highest BCUT2D eigenvalue weighted by atomic mass is 19.4. The van der Waals surface area contributed by atoms with E-state index in [9.17, 15) is 27.2 Å². The Labute approximate surface area is 187 Å². The van der Waals surface area contributed by atoms with Crippen LogP contribution in [-0.2, 0) is 4.79 Å². The standard InChI is InChI=1S/C24H22F4N2O3/c1-2-3-4-5-22(31)29-21-14-23(32)30(15-20(21)16-6-8-17(25)9-7-16)18-10-12-19(13-11-18)33-24(26,27)28/h6-15H,2-5H2,1H3,(H,29,31). The van der Waals surface area contributed by atoms with Crippen molar-refractivity contribution in [3.05, 3.63) is 77.0 Å². The fraction of sp³-hybridized carbons (Fsp3) is 0.250. The molecule has 0 radical (unpaired) electrons. The largest absolute Gasteiger partial charge is 0.573 e. The first-order valence-electron chi connectivity index (χ1n) is 10.3. The molecule has 3 aromatic rings. The number of rotatable bonds is 8. The second-order valence-electron chi connectivity index (χ2n) is 7.36. The molecule has 1 aromatic heterocycles. The van der Waals surface area contributed by atoms with Crippen LogP contribution in [-0.4, -0.2) is 16.8 Å². The summed E-state index contributed by atoms with van der Waals surface area (Å²) in [5.74, 6) is -1.12. The number of unbranched alkanes of at least 4 members (excludes halogenated alkanes) is 2. The van der Waals surface area contributed by atoms with Crippen LogP contribution >= 0.6 is 0 Å². The van der Waals surface area contributed by atoms with Crippen LogP contribution in [0.25, 0.3) is 16.8 Å². The third-order valence-electron chi connectivity index (χ3n) is 4.84. The molecular weight excluding hydrogens is 440 g/mol. The van der Waals surface area contributed by atoms with Gasteiger partial charge in [-0.15, -0.1) is 13.2 Å². The zero-order valence-electron chi connectivity index (χ0n) is 17.8. The fourth-order valence-electron chi connectivity index (χ4n) is 3.25. The second-order valence-corrected chi connectivity index (χ2v) is 7.36. The van der Waals surface area contributed by atoms with Gasteiger partial charge in [0, 0.05) is 29.9 Å². The molecular formula is C24H22F4N2O3. The summed E-state index contributed by atoms with van der Waals surface area (Å²) in [6.45, 7) is 2.02. The Morgan fingerprint density at radius 3 is 2.30 bits per heavy atom. The lowest BCUT2D eigenvalue weighted by molar-refractivity contribution is -0.274. The summed E-state index contributed by atoms with van der Waals surface area (Å²) < 4.78 is 55.7. The number of carbonyl (C=O) groups is 1. The van der Waals surface area contributed by atoms with Gasteiger partial charge in [-0.1, -0.05) is 31.9 Å². The van der Waals surface area contributed by atoms with Gasteiger partial charge in [0.2, 0.25) is 5.91 Å². The molecule has 0 spiro atoms. The molecule has 33 heavy (non-hydrogen) atoms. The lowest BCUT2D eigenvalue weighted by atomic mass is 10.0. The Hall–Kier alpha value is -3.62. The Morgan fingerprint density at radius 2 is 1.70 bits per heavy atom. The third-order valence-corrected chi connectivity index (χ3v) is 4.84. The number of carbonyl (C=O) groups excluding carboxylic acids is 1. The van der Waals surface area contributed by atoms with Crippen molar-refractivity contribution in [3.63, 3.8) is 0 Å². The minimum absolute atomic E-state index is 0.252. The van der Waals surface area contributed by atoms with Crippen molar-refractivity contribution in [2.24, 2.45) is 0 Å². The van der Waals surface area contributed by atoms with Crippen LogP contribution < -0.4 is 15.6 Å². The van der Waals surface area contributed by atoms with Gasteiger partial charge in [-0.25, -0.2) is 4.39 Å². The zero-order valence-corrected chi connectivity index (χ0v) is 17.8. The normalized spacial score (nSPS) is 11.3. The summed E-state index contributed by atoms with van der Waals surface area (Å²) in [5, 5.41) is 2.75. The van der Waals surface area contributed by atoms with Crippen molar-refractivity contribution in [1.29, 1.82) is 0 Å². The van der Waals surface area contributed by atoms with Gasteiger partial charge in [0.05, 0.1) is 5.69 Å². The number of aromatic nitrogens is 1. The third kappa shape index (κ3) is 6.68. The van der Waals surface area contributed by atoms with Crippen LogP contribution in [0.2, 0.25) is 0 Å². The van der Waals surface area contributed by atoms with Crippen LogP contribution in [0, 0.1) is 5.82 Å². The molecule has 0 fully saturated rings. The zero-order chi connectivity index (χ0) is 24.0. The monoisotopic (exact) mass is 462 g/mol. The summed E-state index contributed by atoms with van der Waals surface area (Å²) in [6.07, 6.45) is -0.523. The molecule has 3 rings (SSSR count). The van der Waals surface area contributed by atoms with Crippen LogP contribution in [0.5, 0.6) is 5.75 Å². The molecule has 0 unspecified atom stereocenters. The quantitative estimate of drug-likeness (QED) is 0.327. The van der Waals surface area contributed by atoms with Crippen molar-refractivity contribution in [2.75, 3.05) is 5.32 Å². The minimum Gasteiger partial charge on any atom is -0.406 e. The van der Waals surface area contributed by atoms with Crippen LogP contribution in [0.4, 0.5) is 23.2 Å². The number of halogens is 4. The number of benzene rings is 2. The highest BCUT2D eigenvalue weighted by molar-refractivity contribution is 5.95. The number of hydrogen-bond acceptors (Lipinski definition) is 3. The fourth-order valence-corrected chi connectivity index (χ4v) is 3.25. The van der Waals surface area contributed by atoms with Crippen molar-refractivity contribution in [1.82, 2.24) is 4.57 Å². The smallest absolute Gasteiger partial charge is 0.406 e. The minimum atomic E-state index is -4.83. The van der Waals surface area contributed by atoms with E-state index in [0.29, 0.717) is 29.7 Å². The number of nitrogens with one attached hydrogen (secondary N) is 1. The molecule has 1 amide bonds. The van der Waals surface area contributed by atoms with E-state index >= 15 is 0 Å². The topological polar surface area (TPSA) is 60.3 Å². The first-order chi connectivity index (χ1) is 15.7. The highest BCUT2D eigenvalue weighted by Crippen LogP contribution is 2.29. The molecule has 0 saturated heterocycles. The SMILES string of the molecule is CCCCCC(=O)Nc1cc(=O)n(-c2ccc(OC(F)(F)F)cc2)cc1-c1ccc(F)cc1. The number of hydrogen-bond donors (Lipinski definition) is 1. The average molecular weight is 462 g/mol. The second kappa shape index (κ2) is 10.3. The molecule has 2 aromatic carbocycles. The van der Waals surface area contributed by atoms with Gasteiger partial charge in [-0.3, -0.25) is 14.2 Å². The van der Waals surface area contributed by atoms with E-state index in [-0.39, 0.29) is 11.6 Å². The molecule has 1 heterocycles. The first-order valence-corrected chi connectivity index (χ1v) is 10.3. The predicted molar refractivity (Wildman–Crippen MR) is 117 cm³/mol. The van der Waals surface area contributed by atoms with Crippen molar-refractivity contribution >= 4 is 11.6 Å². The Morgan fingerprint density at radius 1 is 1.03 bits per heavy atom. The summed E-state index contributed by atoms with van der Waals surface area (Å²) in [4.78, 5) is 25.1. The number of alkyl halides is 3. The molecule has 0 aliphatic heterocycles. The predicted octanol–water partition coefficient (Wildman–Crippen LogP) is 6.06. The number of amides is 1. The Bertz CT molecular complexity index is 1150. The van der Waals surface area contributed by atoms with Gasteiger partial charge >= 0.3 is 6.36 Å². The molecule has 0 aliphatic rings. The van der Waals surface area contributed by atoms with Crippen LogP contribution in [0.3, 0.4) is 0 Å². The van der Waals surface area contributed by atoms with E-state index in [1.54, 1.807) is 0 Å².